The third-order valence-corrected chi connectivity index (χ3v) is 4.04. The molecule has 0 atom stereocenters. The molecule has 0 fully saturated rings. The quantitative estimate of drug-likeness (QED) is 0.665. The number of carboxylic acids is 1. The summed E-state index contributed by atoms with van der Waals surface area (Å²) in [5.41, 5.74) is 0.152. The molecule has 0 amide bonds. The minimum absolute atomic E-state index is 0.0446. The topological polar surface area (TPSA) is 63.3 Å². The number of carbonyl (C=O) groups is 1. The van der Waals surface area contributed by atoms with Gasteiger partial charge >= 0.3 is 12.1 Å². The van der Waals surface area contributed by atoms with Crippen molar-refractivity contribution in [3.8, 4) is 11.5 Å². The van der Waals surface area contributed by atoms with Crippen molar-refractivity contribution in [1.29, 1.82) is 0 Å². The van der Waals surface area contributed by atoms with Gasteiger partial charge < -0.3 is 9.52 Å². The van der Waals surface area contributed by atoms with Gasteiger partial charge in [0.25, 0.3) is 0 Å². The Labute approximate surface area is 150 Å². The SMILES string of the molecule is O=C(O)c1ccc(-c2ncc(Cc3cc(C(F)(F)F)ccc3Cl)o2)cc1. The highest BCUT2D eigenvalue weighted by molar-refractivity contribution is 6.31. The Morgan fingerprint density at radius 1 is 1.15 bits per heavy atom. The highest BCUT2D eigenvalue weighted by Crippen LogP contribution is 2.33. The third-order valence-electron chi connectivity index (χ3n) is 3.67. The summed E-state index contributed by atoms with van der Waals surface area (Å²) in [4.78, 5) is 14.9. The van der Waals surface area contributed by atoms with Gasteiger partial charge in [-0.2, -0.15) is 13.2 Å². The van der Waals surface area contributed by atoms with E-state index in [9.17, 15) is 18.0 Å². The Morgan fingerprint density at radius 3 is 2.46 bits per heavy atom. The van der Waals surface area contributed by atoms with E-state index in [4.69, 9.17) is 21.1 Å². The molecule has 3 rings (SSSR count). The number of rotatable bonds is 4. The van der Waals surface area contributed by atoms with Gasteiger partial charge in [-0.1, -0.05) is 11.6 Å². The van der Waals surface area contributed by atoms with Crippen LogP contribution in [-0.4, -0.2) is 16.1 Å². The smallest absolute Gasteiger partial charge is 0.416 e. The van der Waals surface area contributed by atoms with Crippen LogP contribution in [-0.2, 0) is 12.6 Å². The second-order valence-electron chi connectivity index (χ2n) is 5.49. The predicted molar refractivity (Wildman–Crippen MR) is 88.2 cm³/mol. The monoisotopic (exact) mass is 381 g/mol. The van der Waals surface area contributed by atoms with E-state index in [-0.39, 0.29) is 28.5 Å². The predicted octanol–water partition coefficient (Wildman–Crippen LogP) is 5.30. The maximum Gasteiger partial charge on any atom is 0.416 e. The van der Waals surface area contributed by atoms with E-state index in [2.05, 4.69) is 4.98 Å². The van der Waals surface area contributed by atoms with Crippen molar-refractivity contribution in [2.45, 2.75) is 12.6 Å². The molecule has 0 aliphatic rings. The second-order valence-corrected chi connectivity index (χ2v) is 5.90. The van der Waals surface area contributed by atoms with E-state index < -0.39 is 17.7 Å². The van der Waals surface area contributed by atoms with Gasteiger partial charge in [0.15, 0.2) is 0 Å². The Balaban J connectivity index is 1.84. The summed E-state index contributed by atoms with van der Waals surface area (Å²) in [7, 11) is 0. The van der Waals surface area contributed by atoms with Gasteiger partial charge in [-0.15, -0.1) is 0 Å². The lowest BCUT2D eigenvalue weighted by Gasteiger charge is -2.09. The third kappa shape index (κ3) is 3.88. The summed E-state index contributed by atoms with van der Waals surface area (Å²) >= 11 is 5.98. The zero-order valence-corrected chi connectivity index (χ0v) is 13.8. The number of aromatic nitrogens is 1. The standard InChI is InChI=1S/C18H11ClF3NO3/c19-15-6-5-13(18(20,21)22)7-12(15)8-14-9-23-16(26-14)10-1-3-11(4-2-10)17(24)25/h1-7,9H,8H2,(H,24,25). The van der Waals surface area contributed by atoms with Crippen LogP contribution in [0.15, 0.2) is 53.1 Å². The Hall–Kier alpha value is -2.80. The summed E-state index contributed by atoms with van der Waals surface area (Å²) in [6, 6.07) is 8.98. The molecular weight excluding hydrogens is 371 g/mol. The van der Waals surface area contributed by atoms with Gasteiger partial charge in [0.2, 0.25) is 5.89 Å². The number of benzene rings is 2. The van der Waals surface area contributed by atoms with Crippen LogP contribution in [0.3, 0.4) is 0 Å². The second kappa shape index (κ2) is 6.84. The van der Waals surface area contributed by atoms with E-state index in [1.54, 1.807) is 0 Å². The lowest BCUT2D eigenvalue weighted by Crippen LogP contribution is -2.05. The first-order valence-corrected chi connectivity index (χ1v) is 7.76. The van der Waals surface area contributed by atoms with Crippen LogP contribution in [0.5, 0.6) is 0 Å². The molecule has 3 aromatic rings. The highest BCUT2D eigenvalue weighted by atomic mass is 35.5. The molecule has 0 aliphatic carbocycles. The molecule has 4 nitrogen and oxygen atoms in total. The maximum absolute atomic E-state index is 12.8. The fourth-order valence-electron chi connectivity index (χ4n) is 2.35. The van der Waals surface area contributed by atoms with Crippen molar-refractivity contribution >= 4 is 17.6 Å². The summed E-state index contributed by atoms with van der Waals surface area (Å²) in [6.45, 7) is 0. The first kappa shape index (κ1) is 18.0. The largest absolute Gasteiger partial charge is 0.478 e. The summed E-state index contributed by atoms with van der Waals surface area (Å²) < 4.78 is 44.1. The minimum atomic E-state index is -4.46. The van der Waals surface area contributed by atoms with Crippen LogP contribution in [0.25, 0.3) is 11.5 Å². The molecule has 0 saturated carbocycles. The van der Waals surface area contributed by atoms with Gasteiger partial charge in [-0.3, -0.25) is 0 Å². The van der Waals surface area contributed by atoms with Gasteiger partial charge in [-0.05, 0) is 48.0 Å². The van der Waals surface area contributed by atoms with Gasteiger partial charge in [-0.25, -0.2) is 9.78 Å². The normalized spacial score (nSPS) is 11.5. The molecular formula is C18H11ClF3NO3. The van der Waals surface area contributed by atoms with Crippen molar-refractivity contribution in [1.82, 2.24) is 4.98 Å². The van der Waals surface area contributed by atoms with Crippen molar-refractivity contribution in [2.24, 2.45) is 0 Å². The van der Waals surface area contributed by atoms with Crippen molar-refractivity contribution in [2.75, 3.05) is 0 Å². The van der Waals surface area contributed by atoms with E-state index in [1.165, 1.54) is 36.5 Å². The van der Waals surface area contributed by atoms with Crippen molar-refractivity contribution in [3.63, 3.8) is 0 Å². The number of aromatic carboxylic acids is 1. The molecule has 0 saturated heterocycles. The molecule has 0 unspecified atom stereocenters. The van der Waals surface area contributed by atoms with Crippen LogP contribution in [0.2, 0.25) is 5.02 Å². The van der Waals surface area contributed by atoms with E-state index >= 15 is 0 Å². The summed E-state index contributed by atoms with van der Waals surface area (Å²) in [5.74, 6) is -0.479. The van der Waals surface area contributed by atoms with Crippen LogP contribution >= 0.6 is 11.6 Å². The molecule has 2 aromatic carbocycles. The number of halogens is 4. The Kier molecular flexibility index (Phi) is 4.73. The minimum Gasteiger partial charge on any atom is -0.478 e. The van der Waals surface area contributed by atoms with Crippen LogP contribution in [0.4, 0.5) is 13.2 Å². The zero-order valence-electron chi connectivity index (χ0n) is 13.0. The lowest BCUT2D eigenvalue weighted by atomic mass is 10.1. The fraction of sp³-hybridized carbons (Fsp3) is 0.111. The Morgan fingerprint density at radius 2 is 1.85 bits per heavy atom. The molecule has 1 aromatic heterocycles. The number of oxazole rings is 1. The van der Waals surface area contributed by atoms with Crippen LogP contribution in [0.1, 0.15) is 27.2 Å². The van der Waals surface area contributed by atoms with Gasteiger partial charge in [0, 0.05) is 17.0 Å². The zero-order chi connectivity index (χ0) is 18.9. The molecule has 0 radical (unpaired) electrons. The highest BCUT2D eigenvalue weighted by Gasteiger charge is 2.31. The summed E-state index contributed by atoms with van der Waals surface area (Å²) in [6.07, 6.45) is -3.02. The average Bonchev–Trinajstić information content (AvgIpc) is 3.04. The number of hydrogen-bond donors (Lipinski definition) is 1. The molecule has 8 heteroatoms. The van der Waals surface area contributed by atoms with E-state index in [0.29, 0.717) is 11.3 Å². The number of nitrogens with zero attached hydrogens (tertiary/aromatic N) is 1. The molecule has 1 N–H and O–H groups in total. The number of alkyl halides is 3. The maximum atomic E-state index is 12.8. The van der Waals surface area contributed by atoms with Crippen molar-refractivity contribution in [3.05, 3.63) is 76.1 Å². The van der Waals surface area contributed by atoms with Gasteiger partial charge in [0.05, 0.1) is 17.3 Å². The lowest BCUT2D eigenvalue weighted by molar-refractivity contribution is -0.137. The van der Waals surface area contributed by atoms with Gasteiger partial charge in [0.1, 0.15) is 5.76 Å². The molecule has 0 spiro atoms. The molecule has 0 aliphatic heterocycles. The first-order valence-electron chi connectivity index (χ1n) is 7.38. The fourth-order valence-corrected chi connectivity index (χ4v) is 2.54. The van der Waals surface area contributed by atoms with Crippen molar-refractivity contribution < 1.29 is 27.5 Å². The first-order chi connectivity index (χ1) is 12.2. The van der Waals surface area contributed by atoms with E-state index in [0.717, 1.165) is 12.1 Å². The number of hydrogen-bond acceptors (Lipinski definition) is 3. The molecule has 0 bridgehead atoms. The number of carboxylic acid groups (broad SMARTS) is 1. The summed E-state index contributed by atoms with van der Waals surface area (Å²) in [5, 5.41) is 9.08. The van der Waals surface area contributed by atoms with E-state index in [1.807, 2.05) is 0 Å². The van der Waals surface area contributed by atoms with Crippen LogP contribution in [0, 0.1) is 0 Å². The molecule has 134 valence electrons. The Bertz CT molecular complexity index is 949. The van der Waals surface area contributed by atoms with Crippen LogP contribution < -0.4 is 0 Å². The average molecular weight is 382 g/mol. The molecule has 1 heterocycles. The molecule has 26 heavy (non-hydrogen) atoms.